The minimum Gasteiger partial charge on any atom is -0.481 e. The van der Waals surface area contributed by atoms with Gasteiger partial charge in [-0.15, -0.1) is 0 Å². The fourth-order valence-corrected chi connectivity index (χ4v) is 5.63. The molecule has 7 nitrogen and oxygen atoms in total. The van der Waals surface area contributed by atoms with E-state index >= 15 is 0 Å². The third kappa shape index (κ3) is 19.7. The maximum Gasteiger partial charge on any atom is 0.306 e. The van der Waals surface area contributed by atoms with Gasteiger partial charge in [0.2, 0.25) is 5.91 Å². The number of hydrogen-bond acceptors (Lipinski definition) is 4. The highest BCUT2D eigenvalue weighted by Gasteiger charge is 2.28. The number of carbonyl (C=O) groups is 4. The van der Waals surface area contributed by atoms with Crippen LogP contribution in [-0.4, -0.2) is 40.4 Å². The van der Waals surface area contributed by atoms with Crippen LogP contribution in [0.1, 0.15) is 155 Å². The van der Waals surface area contributed by atoms with Crippen molar-refractivity contribution in [2.45, 2.75) is 155 Å². The lowest BCUT2D eigenvalue weighted by Crippen LogP contribution is -2.32. The van der Waals surface area contributed by atoms with Crippen LogP contribution in [0.25, 0.3) is 0 Å². The van der Waals surface area contributed by atoms with E-state index in [1.807, 2.05) is 0 Å². The van der Waals surface area contributed by atoms with Crippen LogP contribution in [0.2, 0.25) is 0 Å². The summed E-state index contributed by atoms with van der Waals surface area (Å²) in [6.45, 7) is 2.28. The Morgan fingerprint density at radius 2 is 1.05 bits per heavy atom. The number of carbonyl (C=O) groups excluding carboxylic acids is 2. The molecular weight excluding hydrogens is 494 g/mol. The third-order valence-corrected chi connectivity index (χ3v) is 8.36. The fourth-order valence-electron chi connectivity index (χ4n) is 5.63. The molecule has 0 spiro atoms. The highest BCUT2D eigenvalue weighted by atomic mass is 16.4. The lowest BCUT2D eigenvalue weighted by molar-refractivity contribution is -0.143. The van der Waals surface area contributed by atoms with Gasteiger partial charge in [-0.3, -0.25) is 19.2 Å². The number of hydrogen-bond donors (Lipinski definition) is 3. The monoisotopic (exact) mass is 551 g/mol. The minimum atomic E-state index is -0.908. The average Bonchev–Trinajstić information content (AvgIpc) is 2.91. The van der Waals surface area contributed by atoms with Gasteiger partial charge in [0.05, 0.1) is 5.92 Å². The van der Waals surface area contributed by atoms with Crippen molar-refractivity contribution in [3.05, 3.63) is 0 Å². The Morgan fingerprint density at radius 1 is 0.641 bits per heavy atom. The van der Waals surface area contributed by atoms with Crippen molar-refractivity contribution < 1.29 is 29.4 Å². The number of ketones is 1. The summed E-state index contributed by atoms with van der Waals surface area (Å²) in [4.78, 5) is 45.9. The van der Waals surface area contributed by atoms with Crippen LogP contribution in [0.5, 0.6) is 0 Å². The van der Waals surface area contributed by atoms with Gasteiger partial charge in [-0.1, -0.05) is 96.8 Å². The van der Waals surface area contributed by atoms with Gasteiger partial charge in [0.1, 0.15) is 5.78 Å². The zero-order valence-corrected chi connectivity index (χ0v) is 24.7. The number of unbranched alkanes of at least 4 members (excludes halogenated alkanes) is 15. The quantitative estimate of drug-likeness (QED) is 0.1000. The van der Waals surface area contributed by atoms with E-state index in [1.54, 1.807) is 6.92 Å². The third-order valence-electron chi connectivity index (χ3n) is 8.36. The molecule has 0 aliphatic heterocycles. The first kappa shape index (κ1) is 35.1. The summed E-state index contributed by atoms with van der Waals surface area (Å²) < 4.78 is 0. The number of amides is 1. The number of Topliss-reactive ketones (excluding diaryl/α,β-unsaturated/α-hetero) is 1. The maximum atomic E-state index is 12.3. The Kier molecular flexibility index (Phi) is 20.6. The van der Waals surface area contributed by atoms with Gasteiger partial charge in [0.25, 0.3) is 0 Å². The van der Waals surface area contributed by atoms with Crippen LogP contribution in [0.3, 0.4) is 0 Å². The topological polar surface area (TPSA) is 121 Å². The summed E-state index contributed by atoms with van der Waals surface area (Å²) in [6.07, 6.45) is 23.8. The second-order valence-electron chi connectivity index (χ2n) is 12.0. The van der Waals surface area contributed by atoms with Gasteiger partial charge in [-0.2, -0.15) is 0 Å². The smallest absolute Gasteiger partial charge is 0.306 e. The molecule has 0 aromatic carbocycles. The molecule has 1 aliphatic carbocycles. The second kappa shape index (κ2) is 22.9. The summed E-state index contributed by atoms with van der Waals surface area (Å²) in [5, 5.41) is 20.7. The Bertz CT molecular complexity index is 686. The molecule has 1 amide bonds. The molecule has 39 heavy (non-hydrogen) atoms. The summed E-state index contributed by atoms with van der Waals surface area (Å²) >= 11 is 0. The first-order chi connectivity index (χ1) is 18.8. The number of rotatable bonds is 25. The second-order valence-corrected chi connectivity index (χ2v) is 12.0. The van der Waals surface area contributed by atoms with Crippen molar-refractivity contribution in [1.82, 2.24) is 5.32 Å². The SMILES string of the molecule is C[C@H](CC(=O)C1CCC(CNC(=O)CCCCCCCCCCCCCCCCCCC(=O)O)CC1)C(=O)O. The predicted molar refractivity (Wildman–Crippen MR) is 156 cm³/mol. The molecule has 0 saturated heterocycles. The van der Waals surface area contributed by atoms with Gasteiger partial charge in [-0.05, 0) is 44.4 Å². The van der Waals surface area contributed by atoms with Crippen molar-refractivity contribution in [2.75, 3.05) is 6.54 Å². The molecular formula is C32H57NO6. The highest BCUT2D eigenvalue weighted by molar-refractivity contribution is 5.85. The number of nitrogens with one attached hydrogen (secondary N) is 1. The van der Waals surface area contributed by atoms with Crippen molar-refractivity contribution in [3.63, 3.8) is 0 Å². The maximum absolute atomic E-state index is 12.3. The molecule has 1 saturated carbocycles. The van der Waals surface area contributed by atoms with Gasteiger partial charge < -0.3 is 15.5 Å². The lowest BCUT2D eigenvalue weighted by Gasteiger charge is -2.28. The van der Waals surface area contributed by atoms with E-state index in [9.17, 15) is 19.2 Å². The van der Waals surface area contributed by atoms with E-state index in [-0.39, 0.29) is 24.0 Å². The standard InChI is InChI=1S/C32H57NO6/c1-26(32(38)39)24-29(34)28-22-20-27(21-23-28)25-33-30(35)18-16-14-12-10-8-6-4-2-3-5-7-9-11-13-15-17-19-31(36)37/h26-28H,2-25H2,1H3,(H,33,35)(H,36,37)(H,38,39)/t26-,27?,28?/m1/s1. The van der Waals surface area contributed by atoms with Crippen LogP contribution < -0.4 is 5.32 Å². The van der Waals surface area contributed by atoms with Gasteiger partial charge in [0, 0.05) is 31.7 Å². The van der Waals surface area contributed by atoms with Gasteiger partial charge >= 0.3 is 11.9 Å². The first-order valence-electron chi connectivity index (χ1n) is 16.0. The first-order valence-corrected chi connectivity index (χ1v) is 16.0. The molecule has 1 rings (SSSR count). The summed E-state index contributed by atoms with van der Waals surface area (Å²) in [5.74, 6) is -1.56. The van der Waals surface area contributed by atoms with Gasteiger partial charge in [-0.25, -0.2) is 0 Å². The molecule has 0 radical (unpaired) electrons. The zero-order valence-electron chi connectivity index (χ0n) is 24.7. The lowest BCUT2D eigenvalue weighted by atomic mass is 9.78. The van der Waals surface area contributed by atoms with Crippen molar-refractivity contribution in [1.29, 1.82) is 0 Å². The molecule has 0 unspecified atom stereocenters. The zero-order chi connectivity index (χ0) is 28.7. The predicted octanol–water partition coefficient (Wildman–Crippen LogP) is 7.70. The van der Waals surface area contributed by atoms with Crippen LogP contribution in [-0.2, 0) is 19.2 Å². The van der Waals surface area contributed by atoms with Crippen molar-refractivity contribution in [3.8, 4) is 0 Å². The van der Waals surface area contributed by atoms with Crippen LogP contribution in [0.4, 0.5) is 0 Å². The molecule has 1 aliphatic rings. The fraction of sp³-hybridized carbons (Fsp3) is 0.875. The van der Waals surface area contributed by atoms with E-state index in [0.29, 0.717) is 25.3 Å². The summed E-state index contributed by atoms with van der Waals surface area (Å²) in [6, 6.07) is 0. The Morgan fingerprint density at radius 3 is 1.46 bits per heavy atom. The largest absolute Gasteiger partial charge is 0.481 e. The van der Waals surface area contributed by atoms with E-state index in [2.05, 4.69) is 5.32 Å². The normalized spacial score (nSPS) is 18.0. The number of carboxylic acids is 2. The number of carboxylic acid groups (broad SMARTS) is 2. The molecule has 0 aromatic heterocycles. The Labute approximate surface area is 237 Å². The average molecular weight is 552 g/mol. The molecule has 1 fully saturated rings. The molecule has 226 valence electrons. The van der Waals surface area contributed by atoms with E-state index < -0.39 is 17.9 Å². The van der Waals surface area contributed by atoms with E-state index in [1.165, 1.54) is 77.0 Å². The highest BCUT2D eigenvalue weighted by Crippen LogP contribution is 2.30. The molecule has 3 N–H and O–H groups in total. The van der Waals surface area contributed by atoms with Crippen LogP contribution in [0, 0.1) is 17.8 Å². The van der Waals surface area contributed by atoms with Crippen molar-refractivity contribution in [2.24, 2.45) is 17.8 Å². The summed E-state index contributed by atoms with van der Waals surface area (Å²) in [7, 11) is 0. The minimum absolute atomic E-state index is 0.0103. The van der Waals surface area contributed by atoms with Crippen molar-refractivity contribution >= 4 is 23.6 Å². The molecule has 1 atom stereocenters. The van der Waals surface area contributed by atoms with Crippen LogP contribution in [0.15, 0.2) is 0 Å². The van der Waals surface area contributed by atoms with Gasteiger partial charge in [0.15, 0.2) is 0 Å². The summed E-state index contributed by atoms with van der Waals surface area (Å²) in [5.41, 5.74) is 0. The Balaban J connectivity index is 1.84. The molecule has 0 heterocycles. The molecule has 0 bridgehead atoms. The molecule has 7 heteroatoms. The molecule has 0 aromatic rings. The van der Waals surface area contributed by atoms with Crippen LogP contribution >= 0.6 is 0 Å². The van der Waals surface area contributed by atoms with E-state index in [4.69, 9.17) is 10.2 Å². The Hall–Kier alpha value is -1.92. The number of aliphatic carboxylic acids is 2. The van der Waals surface area contributed by atoms with E-state index in [0.717, 1.165) is 51.4 Å².